The summed E-state index contributed by atoms with van der Waals surface area (Å²) in [4.78, 5) is 33.5. The average Bonchev–Trinajstić information content (AvgIpc) is 3.18. The van der Waals surface area contributed by atoms with Crippen LogP contribution >= 0.6 is 11.3 Å². The number of aryl methyl sites for hydroxylation is 3. The van der Waals surface area contributed by atoms with Crippen LogP contribution in [0.4, 0.5) is 5.00 Å². The summed E-state index contributed by atoms with van der Waals surface area (Å²) in [5.41, 5.74) is 3.63. The van der Waals surface area contributed by atoms with Crippen molar-refractivity contribution in [1.29, 1.82) is 0 Å². The number of carbonyl (C=O) groups is 2. The van der Waals surface area contributed by atoms with Gasteiger partial charge in [-0.25, -0.2) is 14.3 Å². The third-order valence-corrected chi connectivity index (χ3v) is 5.68. The number of anilines is 1. The van der Waals surface area contributed by atoms with Crippen LogP contribution in [0.15, 0.2) is 6.33 Å². The quantitative estimate of drug-likeness (QED) is 0.673. The molecule has 3 rings (SSSR count). The van der Waals surface area contributed by atoms with Gasteiger partial charge in [0.05, 0.1) is 5.56 Å². The zero-order valence-electron chi connectivity index (χ0n) is 15.7. The number of carboxylic acid groups (broad SMARTS) is 1. The number of carbonyl (C=O) groups excluding carboxylic acids is 1. The minimum atomic E-state index is -1.01. The number of nitrogens with one attached hydrogen (secondary N) is 1. The molecule has 0 radical (unpaired) electrons. The lowest BCUT2D eigenvalue weighted by Crippen LogP contribution is -2.15. The van der Waals surface area contributed by atoms with Crippen molar-refractivity contribution in [3.63, 3.8) is 0 Å². The first-order valence-corrected chi connectivity index (χ1v) is 9.46. The predicted octanol–water partition coefficient (Wildman–Crippen LogP) is 2.94. The molecule has 0 aliphatic carbocycles. The molecule has 27 heavy (non-hydrogen) atoms. The Hall–Kier alpha value is -2.81. The number of thiophene rings is 1. The fourth-order valence-corrected chi connectivity index (χ4v) is 4.42. The molecule has 0 aliphatic rings. The molecular weight excluding hydrogens is 366 g/mol. The number of nitrogens with zero attached hydrogens (tertiary/aromatic N) is 4. The second-order valence-electron chi connectivity index (χ2n) is 6.28. The summed E-state index contributed by atoms with van der Waals surface area (Å²) >= 11 is 1.31. The SMILES string of the molecule is CCc1c(C)sc(NC(=O)CCc2c(C)nc3ncnn3c2C)c1C(=O)O. The van der Waals surface area contributed by atoms with Gasteiger partial charge in [0, 0.05) is 22.7 Å². The highest BCUT2D eigenvalue weighted by atomic mass is 32.1. The Morgan fingerprint density at radius 2 is 2.00 bits per heavy atom. The third-order valence-electron chi connectivity index (χ3n) is 4.62. The summed E-state index contributed by atoms with van der Waals surface area (Å²) in [6.07, 6.45) is 2.77. The van der Waals surface area contributed by atoms with Crippen molar-refractivity contribution in [2.24, 2.45) is 0 Å². The number of fused-ring (bicyclic) bond motifs is 1. The Kier molecular flexibility index (Phi) is 5.22. The standard InChI is InChI=1S/C18H21N5O3S/c1-5-12-11(4)27-16(15(12)17(25)26)22-14(24)7-6-13-9(2)21-18-19-8-20-23(18)10(13)3/h8H,5-7H2,1-4H3,(H,22,24)(H,25,26). The molecular formula is C18H21N5O3S. The molecule has 0 aliphatic heterocycles. The minimum Gasteiger partial charge on any atom is -0.478 e. The summed E-state index contributed by atoms with van der Waals surface area (Å²) in [6, 6.07) is 0. The van der Waals surface area contributed by atoms with Gasteiger partial charge in [-0.15, -0.1) is 11.3 Å². The Morgan fingerprint density at radius 3 is 2.67 bits per heavy atom. The molecule has 142 valence electrons. The van der Waals surface area contributed by atoms with Crippen molar-refractivity contribution in [1.82, 2.24) is 19.6 Å². The van der Waals surface area contributed by atoms with Crippen LogP contribution in [0.25, 0.3) is 5.78 Å². The molecule has 0 saturated carbocycles. The fraction of sp³-hybridized carbons (Fsp3) is 0.389. The van der Waals surface area contributed by atoms with Crippen LogP contribution in [0, 0.1) is 20.8 Å². The topological polar surface area (TPSA) is 109 Å². The first kappa shape index (κ1) is 19.0. The Morgan fingerprint density at radius 1 is 1.26 bits per heavy atom. The van der Waals surface area contributed by atoms with Gasteiger partial charge in [0.2, 0.25) is 5.91 Å². The molecule has 0 atom stereocenters. The van der Waals surface area contributed by atoms with Gasteiger partial charge in [-0.2, -0.15) is 10.1 Å². The van der Waals surface area contributed by atoms with Crippen molar-refractivity contribution in [3.8, 4) is 0 Å². The zero-order valence-corrected chi connectivity index (χ0v) is 16.5. The predicted molar refractivity (Wildman–Crippen MR) is 103 cm³/mol. The van der Waals surface area contributed by atoms with Crippen molar-refractivity contribution in [2.45, 2.75) is 47.0 Å². The van der Waals surface area contributed by atoms with E-state index in [1.165, 1.54) is 17.7 Å². The van der Waals surface area contributed by atoms with Crippen LogP contribution in [0.1, 0.15) is 51.1 Å². The van der Waals surface area contributed by atoms with Crippen LogP contribution in [0.5, 0.6) is 0 Å². The Balaban J connectivity index is 1.77. The number of aromatic nitrogens is 4. The molecule has 0 unspecified atom stereocenters. The van der Waals surface area contributed by atoms with Gasteiger partial charge in [0.1, 0.15) is 11.3 Å². The lowest BCUT2D eigenvalue weighted by molar-refractivity contribution is -0.116. The summed E-state index contributed by atoms with van der Waals surface area (Å²) in [5, 5.41) is 16.8. The minimum absolute atomic E-state index is 0.200. The average molecular weight is 387 g/mol. The number of amides is 1. The van der Waals surface area contributed by atoms with Gasteiger partial charge in [-0.05, 0) is 44.7 Å². The van der Waals surface area contributed by atoms with Crippen LogP contribution in [-0.2, 0) is 17.6 Å². The highest BCUT2D eigenvalue weighted by Crippen LogP contribution is 2.33. The second kappa shape index (κ2) is 7.43. The van der Waals surface area contributed by atoms with E-state index in [9.17, 15) is 14.7 Å². The molecule has 0 spiro atoms. The van der Waals surface area contributed by atoms with Crippen LogP contribution in [0.3, 0.4) is 0 Å². The van der Waals surface area contributed by atoms with Gasteiger partial charge in [-0.3, -0.25) is 4.79 Å². The van der Waals surface area contributed by atoms with Gasteiger partial charge in [0.15, 0.2) is 0 Å². The molecule has 9 heteroatoms. The van der Waals surface area contributed by atoms with E-state index in [1.54, 1.807) is 4.52 Å². The van der Waals surface area contributed by atoms with Gasteiger partial charge >= 0.3 is 5.97 Å². The zero-order chi connectivity index (χ0) is 19.7. The number of carboxylic acids is 1. The van der Waals surface area contributed by atoms with E-state index in [0.29, 0.717) is 23.6 Å². The Labute approximate surface area is 160 Å². The van der Waals surface area contributed by atoms with Crippen LogP contribution in [-0.4, -0.2) is 36.6 Å². The molecule has 3 aromatic heterocycles. The van der Waals surface area contributed by atoms with Crippen molar-refractivity contribution in [2.75, 3.05) is 5.32 Å². The van der Waals surface area contributed by atoms with Crippen molar-refractivity contribution >= 4 is 34.0 Å². The van der Waals surface area contributed by atoms with Gasteiger partial charge < -0.3 is 10.4 Å². The molecule has 3 heterocycles. The first-order valence-electron chi connectivity index (χ1n) is 8.64. The maximum atomic E-state index is 12.5. The number of hydrogen-bond donors (Lipinski definition) is 2. The summed E-state index contributed by atoms with van der Waals surface area (Å²) < 4.78 is 1.65. The maximum Gasteiger partial charge on any atom is 0.339 e. The summed E-state index contributed by atoms with van der Waals surface area (Å²) in [5.74, 6) is -0.705. The van der Waals surface area contributed by atoms with Crippen LogP contribution < -0.4 is 5.32 Å². The smallest absolute Gasteiger partial charge is 0.339 e. The summed E-state index contributed by atoms with van der Waals surface area (Å²) in [7, 11) is 0. The van der Waals surface area contributed by atoms with Gasteiger partial charge in [-0.1, -0.05) is 6.92 Å². The molecule has 2 N–H and O–H groups in total. The molecule has 3 aromatic rings. The molecule has 1 amide bonds. The fourth-order valence-electron chi connectivity index (χ4n) is 3.26. The van der Waals surface area contributed by atoms with E-state index in [2.05, 4.69) is 20.4 Å². The number of rotatable bonds is 6. The first-order chi connectivity index (χ1) is 12.8. The molecule has 0 saturated heterocycles. The van der Waals surface area contributed by atoms with Crippen LogP contribution in [0.2, 0.25) is 0 Å². The molecule has 0 fully saturated rings. The molecule has 0 aromatic carbocycles. The van der Waals surface area contributed by atoms with E-state index in [0.717, 1.165) is 27.4 Å². The number of hydrogen-bond acceptors (Lipinski definition) is 6. The van der Waals surface area contributed by atoms with E-state index in [4.69, 9.17) is 0 Å². The van der Waals surface area contributed by atoms with E-state index in [-0.39, 0.29) is 17.9 Å². The second-order valence-corrected chi connectivity index (χ2v) is 7.51. The lowest BCUT2D eigenvalue weighted by atomic mass is 10.1. The maximum absolute atomic E-state index is 12.5. The van der Waals surface area contributed by atoms with Crippen molar-refractivity contribution < 1.29 is 14.7 Å². The molecule has 8 nitrogen and oxygen atoms in total. The normalized spacial score (nSPS) is 11.1. The monoisotopic (exact) mass is 387 g/mol. The van der Waals surface area contributed by atoms with E-state index >= 15 is 0 Å². The highest BCUT2D eigenvalue weighted by Gasteiger charge is 2.22. The highest BCUT2D eigenvalue weighted by molar-refractivity contribution is 7.16. The van der Waals surface area contributed by atoms with E-state index < -0.39 is 5.97 Å². The summed E-state index contributed by atoms with van der Waals surface area (Å²) in [6.45, 7) is 7.58. The van der Waals surface area contributed by atoms with E-state index in [1.807, 2.05) is 27.7 Å². The third kappa shape index (κ3) is 3.55. The Bertz CT molecular complexity index is 1040. The largest absolute Gasteiger partial charge is 0.478 e. The van der Waals surface area contributed by atoms with Gasteiger partial charge in [0.25, 0.3) is 5.78 Å². The molecule has 0 bridgehead atoms. The van der Waals surface area contributed by atoms with Crippen molar-refractivity contribution in [3.05, 3.63) is 39.3 Å². The lowest BCUT2D eigenvalue weighted by Gasteiger charge is -2.10. The number of aromatic carboxylic acids is 1.